The molecule has 7 heteroatoms. The van der Waals surface area contributed by atoms with Gasteiger partial charge in [0.1, 0.15) is 28.7 Å². The molecule has 2 aromatic rings. The highest BCUT2D eigenvalue weighted by Crippen LogP contribution is 2.30. The van der Waals surface area contributed by atoms with E-state index in [2.05, 4.69) is 0 Å². The molecule has 24 heavy (non-hydrogen) atoms. The molecule has 0 fully saturated rings. The SMILES string of the molecule is Cc1oc(CN(C)C(=O)[C@H]2Cc3cc(F)ccc3O2)cc1C(=O)O. The molecule has 0 saturated carbocycles. The van der Waals surface area contributed by atoms with Crippen molar-refractivity contribution >= 4 is 11.9 Å². The van der Waals surface area contributed by atoms with Crippen LogP contribution in [-0.2, 0) is 17.8 Å². The zero-order chi connectivity index (χ0) is 17.4. The van der Waals surface area contributed by atoms with E-state index in [4.69, 9.17) is 14.3 Å². The fraction of sp³-hybridized carbons (Fsp3) is 0.294. The molecule has 0 bridgehead atoms. The first-order valence-electron chi connectivity index (χ1n) is 7.38. The van der Waals surface area contributed by atoms with Gasteiger partial charge in [0.05, 0.1) is 6.54 Å². The molecular formula is C17H16FNO5. The number of fused-ring (bicyclic) bond motifs is 1. The van der Waals surface area contributed by atoms with Gasteiger partial charge >= 0.3 is 5.97 Å². The van der Waals surface area contributed by atoms with Crippen LogP contribution < -0.4 is 4.74 Å². The van der Waals surface area contributed by atoms with Crippen molar-refractivity contribution in [2.24, 2.45) is 0 Å². The van der Waals surface area contributed by atoms with Gasteiger partial charge in [0.15, 0.2) is 6.10 Å². The van der Waals surface area contributed by atoms with Gasteiger partial charge in [0.2, 0.25) is 0 Å². The lowest BCUT2D eigenvalue weighted by atomic mass is 10.1. The highest BCUT2D eigenvalue weighted by molar-refractivity contribution is 5.89. The second-order valence-electron chi connectivity index (χ2n) is 5.74. The van der Waals surface area contributed by atoms with Gasteiger partial charge in [-0.2, -0.15) is 0 Å². The summed E-state index contributed by atoms with van der Waals surface area (Å²) in [5.74, 6) is -0.553. The molecule has 1 aromatic carbocycles. The van der Waals surface area contributed by atoms with Crippen molar-refractivity contribution in [3.63, 3.8) is 0 Å². The summed E-state index contributed by atoms with van der Waals surface area (Å²) in [5, 5.41) is 9.03. The summed E-state index contributed by atoms with van der Waals surface area (Å²) in [6, 6.07) is 5.56. The van der Waals surface area contributed by atoms with Crippen LogP contribution in [0.1, 0.15) is 27.4 Å². The molecule has 2 heterocycles. The summed E-state index contributed by atoms with van der Waals surface area (Å²) in [5.41, 5.74) is 0.731. The minimum atomic E-state index is -1.08. The Balaban J connectivity index is 1.68. The topological polar surface area (TPSA) is 80.0 Å². The molecular weight excluding hydrogens is 317 g/mol. The number of aryl methyl sites for hydroxylation is 1. The van der Waals surface area contributed by atoms with Crippen molar-refractivity contribution < 1.29 is 28.2 Å². The number of aromatic carboxylic acids is 1. The Kier molecular flexibility index (Phi) is 4.01. The van der Waals surface area contributed by atoms with E-state index >= 15 is 0 Å². The lowest BCUT2D eigenvalue weighted by Gasteiger charge is -2.19. The molecule has 1 amide bonds. The molecule has 1 aliphatic rings. The minimum Gasteiger partial charge on any atom is -0.480 e. The van der Waals surface area contributed by atoms with Crippen LogP contribution in [0.15, 0.2) is 28.7 Å². The molecule has 6 nitrogen and oxygen atoms in total. The number of hydrogen-bond acceptors (Lipinski definition) is 4. The summed E-state index contributed by atoms with van der Waals surface area (Å²) in [4.78, 5) is 24.9. The van der Waals surface area contributed by atoms with Crippen molar-refractivity contribution in [3.8, 4) is 5.75 Å². The number of halogens is 1. The third kappa shape index (κ3) is 2.97. The van der Waals surface area contributed by atoms with E-state index in [1.165, 1.54) is 29.2 Å². The maximum atomic E-state index is 13.2. The smallest absolute Gasteiger partial charge is 0.339 e. The molecule has 0 saturated heterocycles. The molecule has 1 N–H and O–H groups in total. The lowest BCUT2D eigenvalue weighted by Crippen LogP contribution is -2.38. The van der Waals surface area contributed by atoms with Crippen LogP contribution >= 0.6 is 0 Å². The number of rotatable bonds is 4. The van der Waals surface area contributed by atoms with Crippen molar-refractivity contribution in [2.75, 3.05) is 7.05 Å². The van der Waals surface area contributed by atoms with Crippen LogP contribution in [0.2, 0.25) is 0 Å². The quantitative estimate of drug-likeness (QED) is 0.929. The summed E-state index contributed by atoms with van der Waals surface area (Å²) < 4.78 is 24.2. The van der Waals surface area contributed by atoms with Gasteiger partial charge in [-0.1, -0.05) is 0 Å². The zero-order valence-corrected chi connectivity index (χ0v) is 13.2. The maximum Gasteiger partial charge on any atom is 0.339 e. The maximum absolute atomic E-state index is 13.2. The molecule has 1 aromatic heterocycles. The van der Waals surface area contributed by atoms with E-state index in [0.29, 0.717) is 29.3 Å². The number of amides is 1. The molecule has 126 valence electrons. The van der Waals surface area contributed by atoms with E-state index in [1.54, 1.807) is 14.0 Å². The molecule has 1 aliphatic heterocycles. The number of ether oxygens (including phenoxy) is 1. The Morgan fingerprint density at radius 3 is 2.79 bits per heavy atom. The third-order valence-electron chi connectivity index (χ3n) is 3.94. The summed E-state index contributed by atoms with van der Waals surface area (Å²) in [6.45, 7) is 1.68. The Morgan fingerprint density at radius 2 is 2.12 bits per heavy atom. The van der Waals surface area contributed by atoms with Gasteiger partial charge in [0, 0.05) is 19.0 Å². The molecule has 0 unspecified atom stereocenters. The van der Waals surface area contributed by atoms with E-state index in [0.717, 1.165) is 0 Å². The first-order chi connectivity index (χ1) is 11.3. The van der Waals surface area contributed by atoms with Crippen molar-refractivity contribution in [1.29, 1.82) is 0 Å². The highest BCUT2D eigenvalue weighted by Gasteiger charge is 2.32. The molecule has 0 aliphatic carbocycles. The lowest BCUT2D eigenvalue weighted by molar-refractivity contribution is -0.137. The highest BCUT2D eigenvalue weighted by atomic mass is 19.1. The number of carboxylic acids is 1. The summed E-state index contributed by atoms with van der Waals surface area (Å²) in [6.07, 6.45) is -0.421. The van der Waals surface area contributed by atoms with Gasteiger partial charge in [-0.25, -0.2) is 9.18 Å². The predicted octanol–water partition coefficient (Wildman–Crippen LogP) is 2.39. The Bertz CT molecular complexity index is 813. The number of likely N-dealkylation sites (N-methyl/N-ethyl adjacent to an activating group) is 1. The van der Waals surface area contributed by atoms with Gasteiger partial charge in [-0.15, -0.1) is 0 Å². The van der Waals surface area contributed by atoms with Crippen molar-refractivity contribution in [3.05, 3.63) is 52.7 Å². The van der Waals surface area contributed by atoms with E-state index < -0.39 is 12.1 Å². The number of nitrogens with zero attached hydrogens (tertiary/aromatic N) is 1. The Labute approximate surface area is 137 Å². The van der Waals surface area contributed by atoms with Crippen LogP contribution in [0, 0.1) is 12.7 Å². The average molecular weight is 333 g/mol. The van der Waals surface area contributed by atoms with E-state index in [1.807, 2.05) is 0 Å². The number of furan rings is 1. The van der Waals surface area contributed by atoms with Crippen LogP contribution in [-0.4, -0.2) is 35.0 Å². The first-order valence-corrected chi connectivity index (χ1v) is 7.38. The Morgan fingerprint density at radius 1 is 1.38 bits per heavy atom. The molecule has 0 radical (unpaired) electrons. The number of hydrogen-bond donors (Lipinski definition) is 1. The molecule has 3 rings (SSSR count). The first kappa shape index (κ1) is 16.0. The van der Waals surface area contributed by atoms with Crippen molar-refractivity contribution in [1.82, 2.24) is 4.90 Å². The second-order valence-corrected chi connectivity index (χ2v) is 5.74. The number of carbonyl (C=O) groups excluding carboxylic acids is 1. The summed E-state index contributed by atoms with van der Waals surface area (Å²) >= 11 is 0. The van der Waals surface area contributed by atoms with E-state index in [-0.39, 0.29) is 23.8 Å². The monoisotopic (exact) mass is 333 g/mol. The third-order valence-corrected chi connectivity index (χ3v) is 3.94. The largest absolute Gasteiger partial charge is 0.480 e. The second kappa shape index (κ2) is 5.99. The van der Waals surface area contributed by atoms with Crippen LogP contribution in [0.5, 0.6) is 5.75 Å². The number of carbonyl (C=O) groups is 2. The van der Waals surface area contributed by atoms with Gasteiger partial charge in [0.25, 0.3) is 5.91 Å². The number of carboxylic acid groups (broad SMARTS) is 1. The minimum absolute atomic E-state index is 0.0749. The molecule has 0 spiro atoms. The van der Waals surface area contributed by atoms with Gasteiger partial charge in [-0.3, -0.25) is 4.79 Å². The van der Waals surface area contributed by atoms with Crippen LogP contribution in [0.3, 0.4) is 0 Å². The van der Waals surface area contributed by atoms with Crippen LogP contribution in [0.4, 0.5) is 4.39 Å². The predicted molar refractivity (Wildman–Crippen MR) is 81.4 cm³/mol. The van der Waals surface area contributed by atoms with Gasteiger partial charge < -0.3 is 19.2 Å². The molecule has 1 atom stereocenters. The number of benzene rings is 1. The Hall–Kier alpha value is -2.83. The van der Waals surface area contributed by atoms with Crippen molar-refractivity contribution in [2.45, 2.75) is 26.0 Å². The fourth-order valence-corrected chi connectivity index (χ4v) is 2.75. The zero-order valence-electron chi connectivity index (χ0n) is 13.2. The average Bonchev–Trinajstić information content (AvgIpc) is 3.09. The fourth-order valence-electron chi connectivity index (χ4n) is 2.75. The van der Waals surface area contributed by atoms with Crippen LogP contribution in [0.25, 0.3) is 0 Å². The summed E-state index contributed by atoms with van der Waals surface area (Å²) in [7, 11) is 1.58. The van der Waals surface area contributed by atoms with Gasteiger partial charge in [-0.05, 0) is 31.2 Å². The van der Waals surface area contributed by atoms with E-state index in [9.17, 15) is 14.0 Å². The normalized spacial score (nSPS) is 15.7. The standard InChI is InChI=1S/C17H16FNO5/c1-9-13(17(21)22)7-12(23-9)8-19(2)16(20)15-6-10-5-11(18)3-4-14(10)24-15/h3-5,7,15H,6,8H2,1-2H3,(H,21,22)/t15-/m1/s1.